The Morgan fingerprint density at radius 2 is 1.74 bits per heavy atom. The number of hydrogen-bond acceptors (Lipinski definition) is 6. The second kappa shape index (κ2) is 18.0. The molecule has 6 rings (SSSR count). The fraction of sp³-hybridized carbons (Fsp3) is 0.864. The third-order valence-corrected chi connectivity index (χ3v) is 17.0. The van der Waals surface area contributed by atoms with Crippen LogP contribution in [0.25, 0.3) is 0 Å². The Balaban J connectivity index is 1.06. The van der Waals surface area contributed by atoms with E-state index in [0.717, 1.165) is 85.3 Å². The van der Waals surface area contributed by atoms with Crippen molar-refractivity contribution in [3.05, 3.63) is 11.6 Å². The Kier molecular flexibility index (Phi) is 13.9. The van der Waals surface area contributed by atoms with Gasteiger partial charge in [-0.15, -0.1) is 0 Å². The standard InChI is InChI=1S/C44H73N5O4S/c1-28(2)12-11-13-29(3)33-19-20-34-32-18-17-31-26-30(21-23-43(31,4)35(32)22-24-44(33,34)5)41(52)49(39(51)16-7-6-10-25-45)48-38(50)15-9-8-14-37-40-36(27-54-37)46-42(53)47-40/h17,28-30,32-37,40H,6-16,18-27,45H2,1-5H3,(H,48,50)(H2,46,47,53)/t29-,30?,32?,33-,34?,35?,36+,37+,40+,43+,44-/m1/s1. The first-order chi connectivity index (χ1) is 25.9. The van der Waals surface area contributed by atoms with Gasteiger partial charge >= 0.3 is 6.03 Å². The predicted octanol–water partition coefficient (Wildman–Crippen LogP) is 8.28. The van der Waals surface area contributed by atoms with E-state index in [2.05, 4.69) is 56.8 Å². The predicted molar refractivity (Wildman–Crippen MR) is 218 cm³/mol. The summed E-state index contributed by atoms with van der Waals surface area (Å²) in [4.78, 5) is 52.9. The van der Waals surface area contributed by atoms with Crippen LogP contribution in [0, 0.1) is 52.3 Å². The van der Waals surface area contributed by atoms with Crippen molar-refractivity contribution in [1.82, 2.24) is 21.1 Å². The average molecular weight is 768 g/mol. The van der Waals surface area contributed by atoms with Crippen LogP contribution in [-0.4, -0.2) is 58.4 Å². The van der Waals surface area contributed by atoms with Crippen molar-refractivity contribution in [2.75, 3.05) is 12.3 Å². The summed E-state index contributed by atoms with van der Waals surface area (Å²) in [5, 5.41) is 7.46. The maximum atomic E-state index is 14.3. The summed E-state index contributed by atoms with van der Waals surface area (Å²) in [5.74, 6) is 4.39. The second-order valence-electron chi connectivity index (χ2n) is 19.3. The number of amides is 5. The number of carbonyl (C=O) groups excluding carboxylic acids is 4. The number of nitrogens with two attached hydrogens (primary N) is 1. The Morgan fingerprint density at radius 1 is 0.944 bits per heavy atom. The first-order valence-corrected chi connectivity index (χ1v) is 23.1. The largest absolute Gasteiger partial charge is 0.332 e. The highest BCUT2D eigenvalue weighted by Crippen LogP contribution is 2.67. The number of hydrogen-bond donors (Lipinski definition) is 4. The van der Waals surface area contributed by atoms with Gasteiger partial charge in [0.25, 0.3) is 5.91 Å². The molecule has 5 amide bonds. The minimum atomic E-state index is -0.310. The molecule has 5 fully saturated rings. The molecule has 2 aliphatic heterocycles. The summed E-state index contributed by atoms with van der Waals surface area (Å²) < 4.78 is 0. The Bertz CT molecular complexity index is 1390. The van der Waals surface area contributed by atoms with Gasteiger partial charge < -0.3 is 16.4 Å². The minimum Gasteiger partial charge on any atom is -0.332 e. The van der Waals surface area contributed by atoms with Gasteiger partial charge in [-0.05, 0) is 130 Å². The third kappa shape index (κ3) is 8.89. The summed E-state index contributed by atoms with van der Waals surface area (Å²) in [7, 11) is 0. The van der Waals surface area contributed by atoms with Crippen LogP contribution in [0.4, 0.5) is 4.79 Å². The van der Waals surface area contributed by atoms with Gasteiger partial charge in [0.15, 0.2) is 0 Å². The van der Waals surface area contributed by atoms with Crippen LogP contribution in [-0.2, 0) is 14.4 Å². The maximum absolute atomic E-state index is 14.3. The van der Waals surface area contributed by atoms with Gasteiger partial charge in [0, 0.05) is 29.8 Å². The molecule has 10 heteroatoms. The Labute approximate surface area is 330 Å². The van der Waals surface area contributed by atoms with Crippen LogP contribution in [0.5, 0.6) is 0 Å². The molecule has 6 aliphatic rings. The molecular formula is C44H73N5O4S. The number of rotatable bonds is 16. The molecule has 9 nitrogen and oxygen atoms in total. The fourth-order valence-electron chi connectivity index (χ4n) is 12.5. The van der Waals surface area contributed by atoms with E-state index in [1.807, 2.05) is 11.8 Å². The summed E-state index contributed by atoms with van der Waals surface area (Å²) in [6, 6.07) is 0.247. The van der Waals surface area contributed by atoms with E-state index in [9.17, 15) is 19.2 Å². The van der Waals surface area contributed by atoms with Crippen molar-refractivity contribution in [2.24, 2.45) is 58.0 Å². The zero-order valence-electron chi connectivity index (χ0n) is 34.3. The molecule has 2 heterocycles. The lowest BCUT2D eigenvalue weighted by Gasteiger charge is -2.58. The van der Waals surface area contributed by atoms with Crippen molar-refractivity contribution in [2.45, 2.75) is 174 Å². The van der Waals surface area contributed by atoms with Crippen LogP contribution in [0.3, 0.4) is 0 Å². The van der Waals surface area contributed by atoms with E-state index in [1.165, 1.54) is 50.5 Å². The minimum absolute atomic E-state index is 0.0877. The fourth-order valence-corrected chi connectivity index (χ4v) is 14.0. The molecule has 3 saturated carbocycles. The van der Waals surface area contributed by atoms with Gasteiger partial charge in [0.2, 0.25) is 11.8 Å². The van der Waals surface area contributed by atoms with E-state index in [1.54, 1.807) is 0 Å². The molecule has 4 unspecified atom stereocenters. The molecule has 0 spiro atoms. The first-order valence-electron chi connectivity index (χ1n) is 22.1. The van der Waals surface area contributed by atoms with Crippen LogP contribution >= 0.6 is 11.8 Å². The number of carbonyl (C=O) groups is 4. The van der Waals surface area contributed by atoms with E-state index in [0.29, 0.717) is 42.4 Å². The number of nitrogens with one attached hydrogen (secondary N) is 3. The molecule has 0 radical (unpaired) electrons. The second-order valence-corrected chi connectivity index (χ2v) is 20.6. The van der Waals surface area contributed by atoms with Crippen LogP contribution in [0.15, 0.2) is 11.6 Å². The smallest absolute Gasteiger partial charge is 0.315 e. The number of allylic oxidation sites excluding steroid dienone is 2. The molecule has 5 N–H and O–H groups in total. The number of unbranched alkanes of at least 4 members (excludes halogenated alkanes) is 3. The van der Waals surface area contributed by atoms with E-state index < -0.39 is 0 Å². The molecule has 0 aromatic heterocycles. The molecule has 0 aromatic rings. The van der Waals surface area contributed by atoms with Gasteiger partial charge in [0.1, 0.15) is 0 Å². The van der Waals surface area contributed by atoms with Crippen molar-refractivity contribution in [3.63, 3.8) is 0 Å². The van der Waals surface area contributed by atoms with Crippen molar-refractivity contribution in [3.8, 4) is 0 Å². The highest BCUT2D eigenvalue weighted by Gasteiger charge is 2.59. The number of imide groups is 1. The molecule has 4 aliphatic carbocycles. The number of fused-ring (bicyclic) bond motifs is 6. The van der Waals surface area contributed by atoms with Crippen molar-refractivity contribution >= 4 is 35.5 Å². The van der Waals surface area contributed by atoms with Crippen LogP contribution in [0.1, 0.15) is 157 Å². The van der Waals surface area contributed by atoms with Crippen molar-refractivity contribution in [1.29, 1.82) is 0 Å². The van der Waals surface area contributed by atoms with Crippen LogP contribution in [0.2, 0.25) is 0 Å². The quantitative estimate of drug-likeness (QED) is 0.0541. The van der Waals surface area contributed by atoms with Gasteiger partial charge in [-0.1, -0.05) is 78.4 Å². The molecule has 304 valence electrons. The van der Waals surface area contributed by atoms with Gasteiger partial charge in [-0.25, -0.2) is 4.79 Å². The number of hydrazine groups is 1. The van der Waals surface area contributed by atoms with E-state index in [4.69, 9.17) is 5.73 Å². The van der Waals surface area contributed by atoms with Gasteiger partial charge in [0.05, 0.1) is 12.1 Å². The average Bonchev–Trinajstić information content (AvgIpc) is 3.81. The van der Waals surface area contributed by atoms with Crippen LogP contribution < -0.4 is 21.8 Å². The highest BCUT2D eigenvalue weighted by atomic mass is 32.2. The topological polar surface area (TPSA) is 134 Å². The lowest BCUT2D eigenvalue weighted by Crippen LogP contribution is -2.54. The molecule has 11 atom stereocenters. The Hall–Kier alpha value is -2.07. The molecular weight excluding hydrogens is 695 g/mol. The van der Waals surface area contributed by atoms with Gasteiger partial charge in [-0.2, -0.15) is 16.8 Å². The third-order valence-electron chi connectivity index (χ3n) is 15.5. The zero-order valence-corrected chi connectivity index (χ0v) is 35.1. The Morgan fingerprint density at radius 3 is 2.52 bits per heavy atom. The van der Waals surface area contributed by atoms with E-state index >= 15 is 0 Å². The van der Waals surface area contributed by atoms with Crippen molar-refractivity contribution < 1.29 is 19.2 Å². The monoisotopic (exact) mass is 768 g/mol. The summed E-state index contributed by atoms with van der Waals surface area (Å²) in [6.45, 7) is 13.0. The molecule has 54 heavy (non-hydrogen) atoms. The molecule has 0 bridgehead atoms. The number of urea groups is 1. The highest BCUT2D eigenvalue weighted by molar-refractivity contribution is 8.00. The first kappa shape index (κ1) is 41.6. The zero-order chi connectivity index (χ0) is 38.6. The molecule has 0 aromatic carbocycles. The normalized spacial score (nSPS) is 35.9. The summed E-state index contributed by atoms with van der Waals surface area (Å²) in [6.07, 6.45) is 20.7. The van der Waals surface area contributed by atoms with E-state index in [-0.39, 0.29) is 60.0 Å². The number of nitrogens with zero attached hydrogens (tertiary/aromatic N) is 1. The lowest BCUT2D eigenvalue weighted by atomic mass is 9.46. The molecule has 2 saturated heterocycles. The summed E-state index contributed by atoms with van der Waals surface area (Å²) in [5.41, 5.74) is 10.5. The summed E-state index contributed by atoms with van der Waals surface area (Å²) >= 11 is 1.87. The lowest BCUT2D eigenvalue weighted by molar-refractivity contribution is -0.156. The number of thioether (sulfide) groups is 1. The maximum Gasteiger partial charge on any atom is 0.315 e. The SMILES string of the molecule is CC(C)CCC[C@@H](C)[C@H]1CCC2C3CC=C4CC(C(=O)N(NC(=O)CCCC[C@@H]5SC[C@@H]6NC(=O)N[C@@H]65)C(=O)CCCCCN)CC[C@]4(C)C3CC[C@@]21C. The van der Waals surface area contributed by atoms with Gasteiger partial charge in [-0.3, -0.25) is 19.8 Å².